The zero-order chi connectivity index (χ0) is 17.4. The largest absolute Gasteiger partial charge is 0.346 e. The van der Waals surface area contributed by atoms with Gasteiger partial charge in [0.1, 0.15) is 11.9 Å². The van der Waals surface area contributed by atoms with Gasteiger partial charge in [0.2, 0.25) is 5.91 Å². The van der Waals surface area contributed by atoms with Crippen LogP contribution in [0.4, 0.5) is 0 Å². The number of aryl methyl sites for hydroxylation is 1. The molecular weight excluding hydrogens is 340 g/mol. The Morgan fingerprint density at radius 1 is 1.24 bits per heavy atom. The number of benzene rings is 1. The average Bonchev–Trinajstić information content (AvgIpc) is 3.24. The normalized spacial score (nSPS) is 19.9. The first-order valence-electron chi connectivity index (χ1n) is 8.85. The van der Waals surface area contributed by atoms with Gasteiger partial charge in [-0.25, -0.2) is 9.48 Å². The van der Waals surface area contributed by atoms with Crippen LogP contribution in [-0.4, -0.2) is 38.2 Å². The van der Waals surface area contributed by atoms with E-state index in [0.29, 0.717) is 18.0 Å². The van der Waals surface area contributed by atoms with Crippen molar-refractivity contribution in [3.63, 3.8) is 0 Å². The van der Waals surface area contributed by atoms with Crippen LogP contribution in [-0.2, 0) is 17.8 Å². The lowest BCUT2D eigenvalue weighted by Gasteiger charge is -2.27. The first kappa shape index (κ1) is 16.4. The van der Waals surface area contributed by atoms with E-state index in [-0.39, 0.29) is 11.6 Å². The summed E-state index contributed by atoms with van der Waals surface area (Å²) in [6.45, 7) is 1.97. The summed E-state index contributed by atoms with van der Waals surface area (Å²) in [4.78, 5) is 27.6. The Labute approximate surface area is 151 Å². The predicted molar refractivity (Wildman–Crippen MR) is 94.8 cm³/mol. The predicted octanol–water partition coefficient (Wildman–Crippen LogP) is 2.25. The van der Waals surface area contributed by atoms with Gasteiger partial charge in [-0.2, -0.15) is 5.10 Å². The summed E-state index contributed by atoms with van der Waals surface area (Å²) in [5.41, 5.74) is 0.722. The Bertz CT molecular complexity index is 851. The number of likely N-dealkylation sites (tertiary alicyclic amines) is 1. The molecule has 2 aliphatic rings. The Hall–Kier alpha value is -2.08. The maximum Gasteiger partial charge on any atom is 0.346 e. The van der Waals surface area contributed by atoms with Crippen molar-refractivity contribution in [3.8, 4) is 0 Å². The van der Waals surface area contributed by atoms with Crippen molar-refractivity contribution >= 4 is 17.5 Å². The molecule has 6 nitrogen and oxygen atoms in total. The molecule has 0 spiro atoms. The molecule has 1 saturated heterocycles. The molecule has 4 rings (SSSR count). The topological polar surface area (TPSA) is 60.1 Å². The number of halogens is 1. The molecule has 7 heteroatoms. The first-order valence-corrected chi connectivity index (χ1v) is 9.23. The van der Waals surface area contributed by atoms with E-state index in [9.17, 15) is 9.59 Å². The Morgan fingerprint density at radius 3 is 2.80 bits per heavy atom. The monoisotopic (exact) mass is 360 g/mol. The molecule has 2 aliphatic heterocycles. The molecule has 0 unspecified atom stereocenters. The molecule has 1 atom stereocenters. The molecule has 0 bridgehead atoms. The first-order chi connectivity index (χ1) is 12.1. The summed E-state index contributed by atoms with van der Waals surface area (Å²) in [7, 11) is 0. The number of aromatic nitrogens is 3. The van der Waals surface area contributed by atoms with Gasteiger partial charge in [-0.05, 0) is 43.4 Å². The fraction of sp³-hybridized carbons (Fsp3) is 0.500. The van der Waals surface area contributed by atoms with E-state index in [1.54, 1.807) is 10.6 Å². The van der Waals surface area contributed by atoms with E-state index in [2.05, 4.69) is 5.10 Å². The van der Waals surface area contributed by atoms with Crippen LogP contribution in [0.15, 0.2) is 29.1 Å². The van der Waals surface area contributed by atoms with Gasteiger partial charge in [-0.15, -0.1) is 0 Å². The van der Waals surface area contributed by atoms with Crippen molar-refractivity contribution in [2.75, 3.05) is 13.1 Å². The molecule has 0 saturated carbocycles. The summed E-state index contributed by atoms with van der Waals surface area (Å²) in [5, 5.41) is 5.12. The van der Waals surface area contributed by atoms with Gasteiger partial charge in [0.05, 0.1) is 6.54 Å². The lowest BCUT2D eigenvalue weighted by molar-refractivity contribution is -0.134. The molecule has 0 radical (unpaired) electrons. The van der Waals surface area contributed by atoms with E-state index < -0.39 is 6.04 Å². The maximum atomic E-state index is 12.9. The number of amides is 1. The highest BCUT2D eigenvalue weighted by Crippen LogP contribution is 2.25. The molecule has 2 aromatic rings. The number of carbonyl (C=O) groups is 1. The third kappa shape index (κ3) is 3.11. The van der Waals surface area contributed by atoms with Crippen LogP contribution in [0.5, 0.6) is 0 Å². The van der Waals surface area contributed by atoms with Gasteiger partial charge in [0.25, 0.3) is 0 Å². The standard InChI is InChI=1S/C18H21ClN4O2/c19-14-6-3-5-13(11-14)12-22-18(25)23-15(7-4-8-16(23)20-22)17(24)21-9-1-2-10-21/h3,5-6,11,15H,1-2,4,7-10,12H2/t15-/m1/s1. The maximum absolute atomic E-state index is 12.9. The van der Waals surface area contributed by atoms with Crippen molar-refractivity contribution in [2.45, 2.75) is 44.7 Å². The Balaban J connectivity index is 1.65. The van der Waals surface area contributed by atoms with Gasteiger partial charge in [-0.3, -0.25) is 9.36 Å². The van der Waals surface area contributed by atoms with Crippen LogP contribution in [0.2, 0.25) is 5.02 Å². The minimum atomic E-state index is -0.400. The number of rotatable bonds is 3. The summed E-state index contributed by atoms with van der Waals surface area (Å²) < 4.78 is 3.07. The van der Waals surface area contributed by atoms with Crippen molar-refractivity contribution in [3.05, 3.63) is 51.2 Å². The molecule has 0 N–H and O–H groups in total. The van der Waals surface area contributed by atoms with Gasteiger partial charge in [0, 0.05) is 24.5 Å². The van der Waals surface area contributed by atoms with E-state index >= 15 is 0 Å². The average molecular weight is 361 g/mol. The van der Waals surface area contributed by atoms with Gasteiger partial charge in [0.15, 0.2) is 0 Å². The number of carbonyl (C=O) groups excluding carboxylic acids is 1. The number of hydrogen-bond donors (Lipinski definition) is 0. The minimum absolute atomic E-state index is 0.0721. The minimum Gasteiger partial charge on any atom is -0.341 e. The Morgan fingerprint density at radius 2 is 2.04 bits per heavy atom. The highest BCUT2D eigenvalue weighted by molar-refractivity contribution is 6.30. The van der Waals surface area contributed by atoms with E-state index in [4.69, 9.17) is 11.6 Å². The summed E-state index contributed by atoms with van der Waals surface area (Å²) in [6, 6.07) is 7.01. The van der Waals surface area contributed by atoms with Crippen molar-refractivity contribution in [1.82, 2.24) is 19.2 Å². The third-order valence-electron chi connectivity index (χ3n) is 5.05. The molecule has 1 amide bonds. The number of fused-ring (bicyclic) bond motifs is 1. The molecule has 132 valence electrons. The number of hydrogen-bond acceptors (Lipinski definition) is 3. The number of nitrogens with zero attached hydrogens (tertiary/aromatic N) is 4. The summed E-state index contributed by atoms with van der Waals surface area (Å²) in [5.74, 6) is 0.790. The summed E-state index contributed by atoms with van der Waals surface area (Å²) >= 11 is 6.03. The second-order valence-electron chi connectivity index (χ2n) is 6.80. The van der Waals surface area contributed by atoms with Gasteiger partial charge < -0.3 is 4.90 Å². The van der Waals surface area contributed by atoms with Gasteiger partial charge >= 0.3 is 5.69 Å². The molecule has 1 fully saturated rings. The quantitative estimate of drug-likeness (QED) is 0.843. The van der Waals surface area contributed by atoms with Crippen LogP contribution in [0.1, 0.15) is 43.1 Å². The van der Waals surface area contributed by atoms with Crippen molar-refractivity contribution in [1.29, 1.82) is 0 Å². The van der Waals surface area contributed by atoms with E-state index in [0.717, 1.165) is 50.2 Å². The molecule has 0 aliphatic carbocycles. The smallest absolute Gasteiger partial charge is 0.341 e. The van der Waals surface area contributed by atoms with Crippen LogP contribution in [0.25, 0.3) is 0 Å². The van der Waals surface area contributed by atoms with E-state index in [1.807, 2.05) is 23.1 Å². The fourth-order valence-electron chi connectivity index (χ4n) is 3.82. The fourth-order valence-corrected chi connectivity index (χ4v) is 4.04. The lowest BCUT2D eigenvalue weighted by atomic mass is 10.0. The molecule has 1 aromatic carbocycles. The SMILES string of the molecule is O=C([C@H]1CCCc2nn(Cc3cccc(Cl)c3)c(=O)n21)N1CCCC1. The second kappa shape index (κ2) is 6.67. The third-order valence-corrected chi connectivity index (χ3v) is 5.29. The Kier molecular flexibility index (Phi) is 4.37. The van der Waals surface area contributed by atoms with Crippen LogP contribution >= 0.6 is 11.6 Å². The van der Waals surface area contributed by atoms with Crippen molar-refractivity contribution < 1.29 is 4.79 Å². The van der Waals surface area contributed by atoms with Crippen LogP contribution in [0.3, 0.4) is 0 Å². The molecule has 3 heterocycles. The highest BCUT2D eigenvalue weighted by Gasteiger charge is 2.34. The highest BCUT2D eigenvalue weighted by atomic mass is 35.5. The zero-order valence-corrected chi connectivity index (χ0v) is 14.8. The van der Waals surface area contributed by atoms with Crippen LogP contribution < -0.4 is 5.69 Å². The van der Waals surface area contributed by atoms with Crippen LogP contribution in [0, 0.1) is 0 Å². The van der Waals surface area contributed by atoms with Crippen molar-refractivity contribution in [2.24, 2.45) is 0 Å². The second-order valence-corrected chi connectivity index (χ2v) is 7.23. The zero-order valence-electron chi connectivity index (χ0n) is 14.0. The molecule has 1 aromatic heterocycles. The lowest BCUT2D eigenvalue weighted by Crippen LogP contribution is -2.41. The summed E-state index contributed by atoms with van der Waals surface area (Å²) in [6.07, 6.45) is 4.44. The van der Waals surface area contributed by atoms with Gasteiger partial charge in [-0.1, -0.05) is 23.7 Å². The molecule has 25 heavy (non-hydrogen) atoms. The van der Waals surface area contributed by atoms with E-state index in [1.165, 1.54) is 4.68 Å². The molecular formula is C18H21ClN4O2.